The molecule has 124 valence electrons. The third-order valence-corrected chi connectivity index (χ3v) is 6.46. The molecular formula is C16H19ClN2O2S2. The number of aryl methyl sites for hydroxylation is 2. The van der Waals surface area contributed by atoms with Crippen LogP contribution in [0.5, 0.6) is 0 Å². The fourth-order valence-electron chi connectivity index (χ4n) is 2.85. The summed E-state index contributed by atoms with van der Waals surface area (Å²) < 4.78 is 6.87. The number of ether oxygens (including phenoxy) is 1. The number of methoxy groups -OCH3 is 1. The molecule has 0 aliphatic heterocycles. The van der Waals surface area contributed by atoms with E-state index in [1.165, 1.54) is 28.6 Å². The average Bonchev–Trinajstić information content (AvgIpc) is 2.90. The smallest absolute Gasteiger partial charge is 0.263 e. The van der Waals surface area contributed by atoms with Crippen molar-refractivity contribution in [3.63, 3.8) is 0 Å². The molecule has 1 aliphatic carbocycles. The molecule has 0 N–H and O–H groups in total. The van der Waals surface area contributed by atoms with Crippen LogP contribution < -0.4 is 5.56 Å². The molecule has 0 bridgehead atoms. The fraction of sp³-hybridized carbons (Fsp3) is 0.500. The zero-order chi connectivity index (χ0) is 16.4. The van der Waals surface area contributed by atoms with Gasteiger partial charge in [0.15, 0.2) is 5.16 Å². The van der Waals surface area contributed by atoms with Crippen molar-refractivity contribution in [3.05, 3.63) is 32.4 Å². The van der Waals surface area contributed by atoms with Crippen molar-refractivity contribution in [1.82, 2.24) is 9.55 Å². The first kappa shape index (κ1) is 17.0. The van der Waals surface area contributed by atoms with E-state index in [0.29, 0.717) is 29.1 Å². The molecule has 0 saturated heterocycles. The summed E-state index contributed by atoms with van der Waals surface area (Å²) in [5.74, 6) is 0.539. The van der Waals surface area contributed by atoms with Gasteiger partial charge in [0.25, 0.3) is 5.56 Å². The normalized spacial score (nSPS) is 14.2. The molecule has 0 amide bonds. The summed E-state index contributed by atoms with van der Waals surface area (Å²) in [4.78, 5) is 20.0. The molecule has 4 nitrogen and oxygen atoms in total. The molecule has 2 heterocycles. The Hall–Kier alpha value is -0.820. The Morgan fingerprint density at radius 2 is 2.26 bits per heavy atom. The number of halogens is 1. The number of nitrogens with zero attached hydrogens (tertiary/aromatic N) is 2. The Morgan fingerprint density at radius 1 is 1.48 bits per heavy atom. The van der Waals surface area contributed by atoms with Gasteiger partial charge >= 0.3 is 0 Å². The highest BCUT2D eigenvalue weighted by Crippen LogP contribution is 2.34. The third-order valence-electron chi connectivity index (χ3n) is 3.92. The van der Waals surface area contributed by atoms with Crippen molar-refractivity contribution in [2.75, 3.05) is 19.5 Å². The summed E-state index contributed by atoms with van der Waals surface area (Å²) in [5, 5.41) is 2.06. The Labute approximate surface area is 148 Å². The van der Waals surface area contributed by atoms with E-state index in [4.69, 9.17) is 21.3 Å². The van der Waals surface area contributed by atoms with Crippen molar-refractivity contribution in [2.24, 2.45) is 0 Å². The van der Waals surface area contributed by atoms with E-state index >= 15 is 0 Å². The van der Waals surface area contributed by atoms with E-state index in [9.17, 15) is 4.79 Å². The first-order valence-corrected chi connectivity index (χ1v) is 9.80. The maximum Gasteiger partial charge on any atom is 0.263 e. The van der Waals surface area contributed by atoms with Gasteiger partial charge in [0.2, 0.25) is 0 Å². The van der Waals surface area contributed by atoms with Crippen LogP contribution >= 0.6 is 34.7 Å². The minimum atomic E-state index is 0.0501. The first-order valence-electron chi connectivity index (χ1n) is 7.62. The zero-order valence-corrected chi connectivity index (χ0v) is 15.5. The van der Waals surface area contributed by atoms with Crippen LogP contribution in [0.1, 0.15) is 23.3 Å². The van der Waals surface area contributed by atoms with Gasteiger partial charge in [-0.15, -0.1) is 11.3 Å². The number of thioether (sulfide) groups is 1. The lowest BCUT2D eigenvalue weighted by molar-refractivity contribution is 0.183. The lowest BCUT2D eigenvalue weighted by atomic mass is 9.97. The van der Waals surface area contributed by atoms with Gasteiger partial charge in [-0.05, 0) is 31.2 Å². The standard InChI is InChI=1S/C16H19ClN2O2S2/c1-10(17)9-22-16-18-14-13(15(20)19(16)7-8-21-2)11-5-3-4-6-12(11)23-14/h1,3-9H2,2H3. The Bertz CT molecular complexity index is 797. The van der Waals surface area contributed by atoms with E-state index in [1.807, 2.05) is 0 Å². The molecule has 7 heteroatoms. The van der Waals surface area contributed by atoms with Crippen LogP contribution in [0, 0.1) is 0 Å². The largest absolute Gasteiger partial charge is 0.383 e. The van der Waals surface area contributed by atoms with E-state index < -0.39 is 0 Å². The highest BCUT2D eigenvalue weighted by atomic mass is 35.5. The summed E-state index contributed by atoms with van der Waals surface area (Å²) in [6.07, 6.45) is 4.40. The van der Waals surface area contributed by atoms with Gasteiger partial charge in [-0.25, -0.2) is 4.98 Å². The maximum atomic E-state index is 13.0. The van der Waals surface area contributed by atoms with Gasteiger partial charge in [-0.3, -0.25) is 9.36 Å². The molecule has 2 aromatic heterocycles. The lowest BCUT2D eigenvalue weighted by Gasteiger charge is -2.13. The Balaban J connectivity index is 2.13. The van der Waals surface area contributed by atoms with Crippen molar-refractivity contribution in [2.45, 2.75) is 37.4 Å². The van der Waals surface area contributed by atoms with Crippen molar-refractivity contribution >= 4 is 44.9 Å². The Kier molecular flexibility index (Phi) is 5.46. The van der Waals surface area contributed by atoms with Crippen LogP contribution in [0.2, 0.25) is 0 Å². The maximum absolute atomic E-state index is 13.0. The second-order valence-electron chi connectivity index (χ2n) is 5.54. The van der Waals surface area contributed by atoms with Crippen LogP contribution in [-0.2, 0) is 24.1 Å². The molecule has 2 aromatic rings. The summed E-state index contributed by atoms with van der Waals surface area (Å²) >= 11 is 8.99. The molecule has 3 rings (SSSR count). The molecule has 23 heavy (non-hydrogen) atoms. The average molecular weight is 371 g/mol. The molecule has 0 spiro atoms. The van der Waals surface area contributed by atoms with E-state index in [0.717, 1.165) is 29.5 Å². The molecule has 0 radical (unpaired) electrons. The van der Waals surface area contributed by atoms with E-state index in [1.54, 1.807) is 23.0 Å². The second-order valence-corrected chi connectivity index (χ2v) is 8.10. The highest BCUT2D eigenvalue weighted by molar-refractivity contribution is 7.99. The van der Waals surface area contributed by atoms with Gasteiger partial charge in [0.05, 0.1) is 18.5 Å². The van der Waals surface area contributed by atoms with Crippen molar-refractivity contribution < 1.29 is 4.74 Å². The number of thiophene rings is 1. The van der Waals surface area contributed by atoms with Gasteiger partial charge in [0.1, 0.15) is 4.83 Å². The van der Waals surface area contributed by atoms with Crippen LogP contribution in [0.15, 0.2) is 21.6 Å². The molecule has 0 unspecified atom stereocenters. The minimum absolute atomic E-state index is 0.0501. The highest BCUT2D eigenvalue weighted by Gasteiger charge is 2.22. The van der Waals surface area contributed by atoms with Crippen LogP contribution in [-0.4, -0.2) is 29.0 Å². The summed E-state index contributed by atoms with van der Waals surface area (Å²) in [6.45, 7) is 4.69. The van der Waals surface area contributed by atoms with E-state index in [-0.39, 0.29) is 5.56 Å². The van der Waals surface area contributed by atoms with Gasteiger partial charge < -0.3 is 4.74 Å². The summed E-state index contributed by atoms with van der Waals surface area (Å²) in [6, 6.07) is 0. The van der Waals surface area contributed by atoms with Gasteiger partial charge in [0, 0.05) is 22.8 Å². The molecule has 0 aromatic carbocycles. The zero-order valence-electron chi connectivity index (χ0n) is 13.1. The molecule has 0 saturated carbocycles. The topological polar surface area (TPSA) is 44.1 Å². The fourth-order valence-corrected chi connectivity index (χ4v) is 5.10. The monoisotopic (exact) mass is 370 g/mol. The van der Waals surface area contributed by atoms with Crippen molar-refractivity contribution in [3.8, 4) is 0 Å². The third kappa shape index (κ3) is 3.50. The summed E-state index contributed by atoms with van der Waals surface area (Å²) in [5.41, 5.74) is 1.27. The van der Waals surface area contributed by atoms with Crippen LogP contribution in [0.25, 0.3) is 10.2 Å². The predicted molar refractivity (Wildman–Crippen MR) is 98.1 cm³/mol. The van der Waals surface area contributed by atoms with Crippen molar-refractivity contribution in [1.29, 1.82) is 0 Å². The lowest BCUT2D eigenvalue weighted by Crippen LogP contribution is -2.25. The van der Waals surface area contributed by atoms with Gasteiger partial charge in [-0.1, -0.05) is 29.9 Å². The van der Waals surface area contributed by atoms with E-state index in [2.05, 4.69) is 6.58 Å². The molecular weight excluding hydrogens is 352 g/mol. The van der Waals surface area contributed by atoms with Gasteiger partial charge in [-0.2, -0.15) is 0 Å². The molecule has 1 aliphatic rings. The second kappa shape index (κ2) is 7.38. The number of rotatable bonds is 6. The Morgan fingerprint density at radius 3 is 3.00 bits per heavy atom. The number of hydrogen-bond acceptors (Lipinski definition) is 5. The predicted octanol–water partition coefficient (Wildman–Crippen LogP) is 3.83. The molecule has 0 atom stereocenters. The minimum Gasteiger partial charge on any atom is -0.383 e. The number of fused-ring (bicyclic) bond motifs is 3. The number of aromatic nitrogens is 2. The van der Waals surface area contributed by atoms with Crippen LogP contribution in [0.3, 0.4) is 0 Å². The summed E-state index contributed by atoms with van der Waals surface area (Å²) in [7, 11) is 1.64. The number of hydrogen-bond donors (Lipinski definition) is 0. The quantitative estimate of drug-likeness (QED) is 0.572. The first-order chi connectivity index (χ1) is 11.1. The SMILES string of the molecule is C=C(Cl)CSc1nc2sc3c(c2c(=O)n1CCOC)CCCC3. The van der Waals surface area contributed by atoms with Crippen LogP contribution in [0.4, 0.5) is 0 Å². The molecule has 0 fully saturated rings.